The van der Waals surface area contributed by atoms with Crippen LogP contribution in [0, 0.1) is 5.92 Å². The van der Waals surface area contributed by atoms with Crippen molar-refractivity contribution in [3.05, 3.63) is 0 Å². The molecule has 1 rings (SSSR count). The number of primary amides is 1. The molecule has 0 aromatic heterocycles. The Morgan fingerprint density at radius 1 is 1.58 bits per heavy atom. The zero-order chi connectivity index (χ0) is 9.35. The lowest BCUT2D eigenvalue weighted by Crippen LogP contribution is -2.56. The van der Waals surface area contributed by atoms with E-state index in [1.807, 2.05) is 0 Å². The molecule has 0 aromatic rings. The Morgan fingerprint density at radius 2 is 2.17 bits per heavy atom. The first-order valence-corrected chi connectivity index (χ1v) is 4.53. The van der Waals surface area contributed by atoms with Crippen LogP contribution in [-0.4, -0.2) is 23.0 Å². The van der Waals surface area contributed by atoms with E-state index in [1.165, 1.54) is 6.42 Å². The summed E-state index contributed by atoms with van der Waals surface area (Å²) in [6, 6.07) is -0.286. The molecule has 0 spiro atoms. The monoisotopic (exact) mass is 170 g/mol. The summed E-state index contributed by atoms with van der Waals surface area (Å²) in [5.41, 5.74) is 5.23. The van der Waals surface area contributed by atoms with Gasteiger partial charge in [0, 0.05) is 12.1 Å². The number of hydrogen-bond donors (Lipinski definition) is 1. The van der Waals surface area contributed by atoms with Gasteiger partial charge < -0.3 is 10.6 Å². The molecule has 12 heavy (non-hydrogen) atoms. The third-order valence-corrected chi connectivity index (χ3v) is 3.19. The fourth-order valence-electron chi connectivity index (χ4n) is 1.86. The maximum absolute atomic E-state index is 11.1. The normalized spacial score (nSPS) is 28.6. The van der Waals surface area contributed by atoms with Gasteiger partial charge in [-0.2, -0.15) is 0 Å². The third kappa shape index (κ3) is 1.40. The maximum Gasteiger partial charge on any atom is 0.315 e. The molecule has 1 atom stereocenters. The van der Waals surface area contributed by atoms with Gasteiger partial charge in [-0.1, -0.05) is 6.92 Å². The number of rotatable bonds is 0. The molecule has 3 heteroatoms. The summed E-state index contributed by atoms with van der Waals surface area (Å²) in [6.07, 6.45) is 2.27. The molecule has 1 aliphatic heterocycles. The van der Waals surface area contributed by atoms with Crippen molar-refractivity contribution in [3.8, 4) is 0 Å². The molecule has 1 fully saturated rings. The van der Waals surface area contributed by atoms with Crippen LogP contribution in [0.1, 0.15) is 33.6 Å². The van der Waals surface area contributed by atoms with Crippen LogP contribution in [0.5, 0.6) is 0 Å². The predicted octanol–water partition coefficient (Wildman–Crippen LogP) is 1.58. The minimum absolute atomic E-state index is 0.0654. The molecule has 3 nitrogen and oxygen atoms in total. The van der Waals surface area contributed by atoms with Crippen molar-refractivity contribution < 1.29 is 4.79 Å². The Hall–Kier alpha value is -0.730. The number of hydrogen-bond acceptors (Lipinski definition) is 1. The fraction of sp³-hybridized carbons (Fsp3) is 0.889. The van der Waals surface area contributed by atoms with Crippen molar-refractivity contribution >= 4 is 6.03 Å². The highest BCUT2D eigenvalue weighted by Gasteiger charge is 2.37. The zero-order valence-corrected chi connectivity index (χ0v) is 8.13. The molecule has 1 aliphatic rings. The van der Waals surface area contributed by atoms with Crippen molar-refractivity contribution in [1.82, 2.24) is 4.90 Å². The molecular formula is C9H18N2O. The first-order valence-electron chi connectivity index (χ1n) is 4.53. The lowest BCUT2D eigenvalue weighted by molar-refractivity contribution is 0.0646. The summed E-state index contributed by atoms with van der Waals surface area (Å²) < 4.78 is 0. The van der Waals surface area contributed by atoms with E-state index in [1.54, 1.807) is 4.90 Å². The third-order valence-electron chi connectivity index (χ3n) is 3.19. The number of carbonyl (C=O) groups excluding carboxylic acids is 1. The van der Waals surface area contributed by atoms with Gasteiger partial charge in [-0.15, -0.1) is 0 Å². The van der Waals surface area contributed by atoms with Crippen LogP contribution in [0.15, 0.2) is 0 Å². The number of nitrogens with two attached hydrogens (primary N) is 1. The van der Waals surface area contributed by atoms with Crippen LogP contribution in [-0.2, 0) is 0 Å². The number of nitrogens with zero attached hydrogens (tertiary/aromatic N) is 1. The van der Waals surface area contributed by atoms with Gasteiger partial charge in [0.25, 0.3) is 0 Å². The van der Waals surface area contributed by atoms with Crippen molar-refractivity contribution in [1.29, 1.82) is 0 Å². The summed E-state index contributed by atoms with van der Waals surface area (Å²) in [4.78, 5) is 12.8. The van der Waals surface area contributed by atoms with E-state index in [0.717, 1.165) is 13.0 Å². The first kappa shape index (κ1) is 9.36. The molecule has 1 unspecified atom stereocenters. The van der Waals surface area contributed by atoms with Crippen LogP contribution < -0.4 is 5.73 Å². The number of likely N-dealkylation sites (tertiary alicyclic amines) is 1. The van der Waals surface area contributed by atoms with E-state index in [9.17, 15) is 4.79 Å². The Morgan fingerprint density at radius 3 is 2.58 bits per heavy atom. The van der Waals surface area contributed by atoms with E-state index in [-0.39, 0.29) is 11.6 Å². The quantitative estimate of drug-likeness (QED) is 0.589. The molecule has 0 radical (unpaired) electrons. The molecule has 2 N–H and O–H groups in total. The predicted molar refractivity (Wildman–Crippen MR) is 48.8 cm³/mol. The first-order chi connectivity index (χ1) is 5.46. The van der Waals surface area contributed by atoms with Gasteiger partial charge in [0.2, 0.25) is 0 Å². The largest absolute Gasteiger partial charge is 0.351 e. The smallest absolute Gasteiger partial charge is 0.315 e. The number of piperidine rings is 1. The van der Waals surface area contributed by atoms with Gasteiger partial charge in [-0.05, 0) is 32.6 Å². The van der Waals surface area contributed by atoms with Gasteiger partial charge in [0.15, 0.2) is 0 Å². The van der Waals surface area contributed by atoms with Crippen LogP contribution in [0.2, 0.25) is 0 Å². The Balaban J connectivity index is 2.79. The molecular weight excluding hydrogens is 152 g/mol. The molecule has 1 saturated heterocycles. The van der Waals surface area contributed by atoms with Gasteiger partial charge in [0.05, 0.1) is 0 Å². The summed E-state index contributed by atoms with van der Waals surface area (Å²) in [5, 5.41) is 0. The Kier molecular flexibility index (Phi) is 2.31. The van der Waals surface area contributed by atoms with E-state index in [0.29, 0.717) is 5.92 Å². The Bertz CT molecular complexity index is 189. The SMILES string of the molecule is CC1CCCN(C(N)=O)C1(C)C. The average molecular weight is 170 g/mol. The number of urea groups is 1. The van der Waals surface area contributed by atoms with Crippen LogP contribution >= 0.6 is 0 Å². The molecule has 2 amide bonds. The Labute approximate surface area is 73.9 Å². The fourth-order valence-corrected chi connectivity index (χ4v) is 1.86. The van der Waals surface area contributed by atoms with Crippen molar-refractivity contribution in [2.45, 2.75) is 39.2 Å². The van der Waals surface area contributed by atoms with Gasteiger partial charge in [-0.25, -0.2) is 4.79 Å². The second kappa shape index (κ2) is 2.96. The highest BCUT2D eigenvalue weighted by molar-refractivity contribution is 5.73. The number of carbonyl (C=O) groups is 1. The molecule has 0 bridgehead atoms. The molecule has 0 aromatic carbocycles. The summed E-state index contributed by atoms with van der Waals surface area (Å²) in [7, 11) is 0. The van der Waals surface area contributed by atoms with Crippen molar-refractivity contribution in [2.75, 3.05) is 6.54 Å². The molecule has 1 heterocycles. The highest BCUT2D eigenvalue weighted by atomic mass is 16.2. The number of amides is 2. The van der Waals surface area contributed by atoms with Crippen LogP contribution in [0.4, 0.5) is 4.79 Å². The van der Waals surface area contributed by atoms with Crippen LogP contribution in [0.25, 0.3) is 0 Å². The maximum atomic E-state index is 11.1. The van der Waals surface area contributed by atoms with Crippen molar-refractivity contribution in [3.63, 3.8) is 0 Å². The highest BCUT2D eigenvalue weighted by Crippen LogP contribution is 2.32. The minimum atomic E-state index is -0.286. The lowest BCUT2D eigenvalue weighted by Gasteiger charge is -2.46. The van der Waals surface area contributed by atoms with Gasteiger partial charge in [-0.3, -0.25) is 0 Å². The average Bonchev–Trinajstić information content (AvgIpc) is 1.94. The lowest BCUT2D eigenvalue weighted by atomic mass is 9.81. The van der Waals surface area contributed by atoms with Gasteiger partial charge >= 0.3 is 6.03 Å². The van der Waals surface area contributed by atoms with E-state index in [4.69, 9.17) is 5.73 Å². The summed E-state index contributed by atoms with van der Waals surface area (Å²) >= 11 is 0. The van der Waals surface area contributed by atoms with Gasteiger partial charge in [0.1, 0.15) is 0 Å². The zero-order valence-electron chi connectivity index (χ0n) is 8.13. The summed E-state index contributed by atoms with van der Waals surface area (Å²) in [5.74, 6) is 0.541. The molecule has 70 valence electrons. The second-order valence-corrected chi connectivity index (χ2v) is 4.19. The second-order valence-electron chi connectivity index (χ2n) is 4.19. The van der Waals surface area contributed by atoms with Crippen molar-refractivity contribution in [2.24, 2.45) is 11.7 Å². The standard InChI is InChI=1S/C9H18N2O/c1-7-5-4-6-11(8(10)12)9(7,2)3/h7H,4-6H2,1-3H3,(H2,10,12). The molecule has 0 aliphatic carbocycles. The van der Waals surface area contributed by atoms with E-state index >= 15 is 0 Å². The van der Waals surface area contributed by atoms with Crippen LogP contribution in [0.3, 0.4) is 0 Å². The minimum Gasteiger partial charge on any atom is -0.351 e. The topological polar surface area (TPSA) is 46.3 Å². The van der Waals surface area contributed by atoms with E-state index in [2.05, 4.69) is 20.8 Å². The molecule has 0 saturated carbocycles. The summed E-state index contributed by atoms with van der Waals surface area (Å²) in [6.45, 7) is 7.16. The van der Waals surface area contributed by atoms with E-state index < -0.39 is 0 Å².